The molecule has 21 heavy (non-hydrogen) atoms. The van der Waals surface area contributed by atoms with Gasteiger partial charge in [0, 0.05) is 26.7 Å². The van der Waals surface area contributed by atoms with Gasteiger partial charge in [-0.3, -0.25) is 4.79 Å². The number of carbonyl (C=O) groups excluding carboxylic acids is 1. The molecule has 1 aliphatic rings. The molecule has 1 amide bonds. The Morgan fingerprint density at radius 2 is 2.29 bits per heavy atom. The molecular weight excluding hydrogens is 270 g/mol. The molecule has 0 saturated carbocycles. The standard InChI is InChI=1S/C16H23NO4/c1-16(19,7-8-20-2)11-17-15(18)13-9-12-5-3-4-6-14(12)21-10-13/h3-6,13,19H,7-11H2,1-2H3,(H,17,18). The quantitative estimate of drug-likeness (QED) is 0.825. The summed E-state index contributed by atoms with van der Waals surface area (Å²) in [7, 11) is 1.59. The largest absolute Gasteiger partial charge is 0.492 e. The van der Waals surface area contributed by atoms with Crippen LogP contribution in [0.1, 0.15) is 18.9 Å². The monoisotopic (exact) mass is 293 g/mol. The lowest BCUT2D eigenvalue weighted by molar-refractivity contribution is -0.127. The summed E-state index contributed by atoms with van der Waals surface area (Å²) in [6.45, 7) is 2.75. The number of hydrogen-bond donors (Lipinski definition) is 2. The van der Waals surface area contributed by atoms with Gasteiger partial charge in [-0.05, 0) is 25.0 Å². The predicted octanol–water partition coefficient (Wildman–Crippen LogP) is 1.14. The lowest BCUT2D eigenvalue weighted by Gasteiger charge is -2.27. The zero-order valence-corrected chi connectivity index (χ0v) is 12.6. The first-order valence-corrected chi connectivity index (χ1v) is 7.21. The molecule has 0 radical (unpaired) electrons. The van der Waals surface area contributed by atoms with Crippen LogP contribution in [0.15, 0.2) is 24.3 Å². The van der Waals surface area contributed by atoms with E-state index in [-0.39, 0.29) is 18.4 Å². The number of ether oxygens (including phenoxy) is 2. The van der Waals surface area contributed by atoms with Gasteiger partial charge in [-0.15, -0.1) is 0 Å². The molecule has 2 rings (SSSR count). The van der Waals surface area contributed by atoms with Gasteiger partial charge in [0.1, 0.15) is 12.4 Å². The van der Waals surface area contributed by atoms with E-state index in [0.717, 1.165) is 11.3 Å². The lowest BCUT2D eigenvalue weighted by Crippen LogP contribution is -2.45. The second kappa shape index (κ2) is 6.91. The van der Waals surface area contributed by atoms with Crippen LogP contribution in [0.25, 0.3) is 0 Å². The third-order valence-corrected chi connectivity index (χ3v) is 3.74. The van der Waals surface area contributed by atoms with Gasteiger partial charge >= 0.3 is 0 Å². The number of nitrogens with one attached hydrogen (secondary N) is 1. The average molecular weight is 293 g/mol. The maximum absolute atomic E-state index is 12.2. The summed E-state index contributed by atoms with van der Waals surface area (Å²) in [6.07, 6.45) is 1.15. The molecule has 0 saturated heterocycles. The first-order chi connectivity index (χ1) is 10.0. The fourth-order valence-corrected chi connectivity index (χ4v) is 2.33. The molecule has 5 heteroatoms. The minimum absolute atomic E-state index is 0.0813. The van der Waals surface area contributed by atoms with Crippen LogP contribution in [0.2, 0.25) is 0 Å². The molecule has 5 nitrogen and oxygen atoms in total. The smallest absolute Gasteiger partial charge is 0.226 e. The van der Waals surface area contributed by atoms with Crippen molar-refractivity contribution in [3.05, 3.63) is 29.8 Å². The van der Waals surface area contributed by atoms with Crippen molar-refractivity contribution in [1.29, 1.82) is 0 Å². The summed E-state index contributed by atoms with van der Waals surface area (Å²) in [6, 6.07) is 7.76. The minimum atomic E-state index is -0.959. The fourth-order valence-electron chi connectivity index (χ4n) is 2.33. The summed E-state index contributed by atoms with van der Waals surface area (Å²) in [4.78, 5) is 12.2. The Hall–Kier alpha value is -1.59. The van der Waals surface area contributed by atoms with Crippen molar-refractivity contribution >= 4 is 5.91 Å². The van der Waals surface area contributed by atoms with Gasteiger partial charge in [-0.2, -0.15) is 0 Å². The second-order valence-electron chi connectivity index (χ2n) is 5.78. The number of carbonyl (C=O) groups is 1. The molecule has 0 aromatic heterocycles. The minimum Gasteiger partial charge on any atom is -0.492 e. The van der Waals surface area contributed by atoms with Gasteiger partial charge in [-0.25, -0.2) is 0 Å². The molecule has 1 aliphatic heterocycles. The van der Waals surface area contributed by atoms with Gasteiger partial charge in [0.15, 0.2) is 0 Å². The molecule has 116 valence electrons. The van der Waals surface area contributed by atoms with Crippen molar-refractivity contribution in [3.63, 3.8) is 0 Å². The number of methoxy groups -OCH3 is 1. The molecule has 0 bridgehead atoms. The van der Waals surface area contributed by atoms with Crippen LogP contribution in [0.5, 0.6) is 5.75 Å². The summed E-state index contributed by atoms with van der Waals surface area (Å²) in [5.41, 5.74) is 0.0917. The molecule has 0 spiro atoms. The zero-order chi connectivity index (χ0) is 15.3. The van der Waals surface area contributed by atoms with Crippen LogP contribution < -0.4 is 10.1 Å². The first-order valence-electron chi connectivity index (χ1n) is 7.21. The fraction of sp³-hybridized carbons (Fsp3) is 0.562. The molecule has 2 N–H and O–H groups in total. The highest BCUT2D eigenvalue weighted by atomic mass is 16.5. The van der Waals surface area contributed by atoms with Gasteiger partial charge in [-0.1, -0.05) is 18.2 Å². The molecule has 0 fully saturated rings. The normalized spacial score (nSPS) is 20.0. The van der Waals surface area contributed by atoms with Gasteiger partial charge in [0.25, 0.3) is 0 Å². The molecule has 2 atom stereocenters. The summed E-state index contributed by atoms with van der Waals surface area (Å²) >= 11 is 0. The maximum atomic E-state index is 12.2. The number of benzene rings is 1. The van der Waals surface area contributed by atoms with E-state index in [2.05, 4.69) is 5.32 Å². The Kier molecular flexibility index (Phi) is 5.20. The van der Waals surface area contributed by atoms with E-state index >= 15 is 0 Å². The first kappa shape index (κ1) is 15.8. The number of fused-ring (bicyclic) bond motifs is 1. The number of amides is 1. The van der Waals surface area contributed by atoms with E-state index < -0.39 is 5.60 Å². The van der Waals surface area contributed by atoms with Crippen molar-refractivity contribution in [2.75, 3.05) is 26.9 Å². The van der Waals surface area contributed by atoms with Crippen LogP contribution >= 0.6 is 0 Å². The summed E-state index contributed by atoms with van der Waals surface area (Å²) < 4.78 is 10.6. The number of hydrogen-bond acceptors (Lipinski definition) is 4. The molecule has 1 heterocycles. The predicted molar refractivity (Wildman–Crippen MR) is 79.3 cm³/mol. The molecule has 1 aromatic rings. The van der Waals surface area contributed by atoms with Crippen LogP contribution in [0, 0.1) is 5.92 Å². The highest BCUT2D eigenvalue weighted by Crippen LogP contribution is 2.26. The maximum Gasteiger partial charge on any atom is 0.226 e. The van der Waals surface area contributed by atoms with Crippen LogP contribution in [0.3, 0.4) is 0 Å². The number of para-hydroxylation sites is 1. The van der Waals surface area contributed by atoms with Gasteiger partial charge in [0.05, 0.1) is 11.5 Å². The van der Waals surface area contributed by atoms with E-state index in [0.29, 0.717) is 26.1 Å². The van der Waals surface area contributed by atoms with Crippen molar-refractivity contribution < 1.29 is 19.4 Å². The topological polar surface area (TPSA) is 67.8 Å². The molecule has 0 aliphatic carbocycles. The van der Waals surface area contributed by atoms with E-state index in [1.54, 1.807) is 14.0 Å². The van der Waals surface area contributed by atoms with E-state index in [4.69, 9.17) is 9.47 Å². The SMILES string of the molecule is COCCC(C)(O)CNC(=O)C1COc2ccccc2C1. The highest BCUT2D eigenvalue weighted by molar-refractivity contribution is 5.79. The van der Waals surface area contributed by atoms with Crippen molar-refractivity contribution in [3.8, 4) is 5.75 Å². The van der Waals surface area contributed by atoms with E-state index in [1.165, 1.54) is 0 Å². The number of aliphatic hydroxyl groups is 1. The lowest BCUT2D eigenvalue weighted by atomic mass is 9.95. The Labute approximate surface area is 125 Å². The van der Waals surface area contributed by atoms with Crippen LogP contribution in [-0.4, -0.2) is 43.5 Å². The molecule has 1 aromatic carbocycles. The second-order valence-corrected chi connectivity index (χ2v) is 5.78. The number of rotatable bonds is 6. The Morgan fingerprint density at radius 1 is 1.52 bits per heavy atom. The third-order valence-electron chi connectivity index (χ3n) is 3.74. The zero-order valence-electron chi connectivity index (χ0n) is 12.6. The highest BCUT2D eigenvalue weighted by Gasteiger charge is 2.28. The van der Waals surface area contributed by atoms with Crippen LogP contribution in [0.4, 0.5) is 0 Å². The third kappa shape index (κ3) is 4.44. The summed E-state index contributed by atoms with van der Waals surface area (Å²) in [5, 5.41) is 12.9. The van der Waals surface area contributed by atoms with Crippen molar-refractivity contribution in [2.24, 2.45) is 5.92 Å². The Balaban J connectivity index is 1.85. The van der Waals surface area contributed by atoms with E-state index in [9.17, 15) is 9.90 Å². The van der Waals surface area contributed by atoms with Crippen LogP contribution in [-0.2, 0) is 16.0 Å². The molecular formula is C16H23NO4. The Morgan fingerprint density at radius 3 is 3.05 bits per heavy atom. The Bertz CT molecular complexity index is 487. The molecule has 2 unspecified atom stereocenters. The van der Waals surface area contributed by atoms with Gasteiger partial charge in [0.2, 0.25) is 5.91 Å². The summed E-state index contributed by atoms with van der Waals surface area (Å²) in [5.74, 6) is 0.564. The average Bonchev–Trinajstić information content (AvgIpc) is 2.50. The van der Waals surface area contributed by atoms with Gasteiger partial charge < -0.3 is 19.9 Å². The van der Waals surface area contributed by atoms with Crippen molar-refractivity contribution in [1.82, 2.24) is 5.32 Å². The van der Waals surface area contributed by atoms with Crippen molar-refractivity contribution in [2.45, 2.75) is 25.4 Å². The van der Waals surface area contributed by atoms with E-state index in [1.807, 2.05) is 24.3 Å².